The van der Waals surface area contributed by atoms with Gasteiger partial charge in [0, 0.05) is 40.6 Å². The maximum absolute atomic E-state index is 11.9. The minimum atomic E-state index is -0.0351. The molecule has 0 spiro atoms. The Kier molecular flexibility index (Phi) is 6.29. The molecule has 0 aliphatic carbocycles. The molecule has 1 N–H and O–H groups in total. The summed E-state index contributed by atoms with van der Waals surface area (Å²) in [6.07, 6.45) is 0. The van der Waals surface area contributed by atoms with E-state index < -0.39 is 0 Å². The van der Waals surface area contributed by atoms with Crippen molar-refractivity contribution in [1.82, 2.24) is 10.3 Å². The van der Waals surface area contributed by atoms with E-state index >= 15 is 0 Å². The van der Waals surface area contributed by atoms with Gasteiger partial charge in [0.15, 0.2) is 5.13 Å². The van der Waals surface area contributed by atoms with Gasteiger partial charge in [0.05, 0.1) is 5.69 Å². The van der Waals surface area contributed by atoms with Crippen molar-refractivity contribution in [3.05, 3.63) is 69.0 Å². The third-order valence-electron chi connectivity index (χ3n) is 4.20. The van der Waals surface area contributed by atoms with Crippen LogP contribution in [-0.2, 0) is 6.54 Å². The summed E-state index contributed by atoms with van der Waals surface area (Å²) in [5, 5.41) is 3.80. The summed E-state index contributed by atoms with van der Waals surface area (Å²) in [7, 11) is 2.04. The summed E-state index contributed by atoms with van der Waals surface area (Å²) < 4.78 is 1.06. The number of aryl methyl sites for hydroxylation is 1. The minimum Gasteiger partial charge on any atom is -0.352 e. The summed E-state index contributed by atoms with van der Waals surface area (Å²) in [6.45, 7) is 5.39. The average Bonchev–Trinajstić information content (AvgIpc) is 3.05. The number of carbonyl (C=O) groups excluding carboxylic acids is 1. The zero-order chi connectivity index (χ0) is 19.4. The molecule has 0 saturated carbocycles. The van der Waals surface area contributed by atoms with Crippen LogP contribution < -0.4 is 10.2 Å². The summed E-state index contributed by atoms with van der Waals surface area (Å²) in [4.78, 5) is 20.0. The van der Waals surface area contributed by atoms with Gasteiger partial charge >= 0.3 is 0 Å². The number of aromatic nitrogens is 1. The van der Waals surface area contributed by atoms with Crippen molar-refractivity contribution < 1.29 is 4.79 Å². The number of thiazole rings is 1. The Balaban J connectivity index is 1.73. The van der Waals surface area contributed by atoms with Gasteiger partial charge in [-0.1, -0.05) is 40.2 Å². The van der Waals surface area contributed by atoms with E-state index in [0.29, 0.717) is 12.1 Å². The largest absolute Gasteiger partial charge is 0.352 e. The minimum absolute atomic E-state index is 0.0351. The maximum Gasteiger partial charge on any atom is 0.251 e. The van der Waals surface area contributed by atoms with Gasteiger partial charge in [0.25, 0.3) is 5.91 Å². The molecule has 1 heterocycles. The molecular weight excluding hydrogens is 422 g/mol. The van der Waals surface area contributed by atoms with Crippen molar-refractivity contribution in [3.8, 4) is 11.3 Å². The van der Waals surface area contributed by atoms with Gasteiger partial charge < -0.3 is 10.2 Å². The number of hydrogen-bond acceptors (Lipinski definition) is 4. The van der Waals surface area contributed by atoms with E-state index in [1.165, 1.54) is 4.88 Å². The molecule has 0 fully saturated rings. The van der Waals surface area contributed by atoms with Gasteiger partial charge in [-0.2, -0.15) is 0 Å². The standard InChI is InChI=1S/C21H22BrN3OS/c1-4-23-20(26)17-7-5-15(6-8-17)13-25(3)21-24-19(14(2)27-21)16-9-11-18(22)12-10-16/h5-12H,4,13H2,1-3H3,(H,23,26). The molecule has 140 valence electrons. The van der Waals surface area contributed by atoms with Crippen molar-refractivity contribution in [2.75, 3.05) is 18.5 Å². The van der Waals surface area contributed by atoms with Crippen LogP contribution in [0.25, 0.3) is 11.3 Å². The van der Waals surface area contributed by atoms with E-state index in [-0.39, 0.29) is 5.91 Å². The molecule has 3 aromatic rings. The molecule has 0 radical (unpaired) electrons. The first-order valence-corrected chi connectivity index (χ1v) is 10.4. The number of nitrogens with one attached hydrogen (secondary N) is 1. The number of halogens is 1. The van der Waals surface area contributed by atoms with E-state index in [9.17, 15) is 4.79 Å². The van der Waals surface area contributed by atoms with Gasteiger partial charge in [-0.3, -0.25) is 4.79 Å². The summed E-state index contributed by atoms with van der Waals surface area (Å²) in [6, 6.07) is 16.0. The predicted molar refractivity (Wildman–Crippen MR) is 117 cm³/mol. The van der Waals surface area contributed by atoms with E-state index in [0.717, 1.165) is 33.0 Å². The molecule has 0 unspecified atom stereocenters. The monoisotopic (exact) mass is 443 g/mol. The lowest BCUT2D eigenvalue weighted by Crippen LogP contribution is -2.22. The van der Waals surface area contributed by atoms with Crippen LogP contribution in [0, 0.1) is 6.92 Å². The zero-order valence-electron chi connectivity index (χ0n) is 15.6. The summed E-state index contributed by atoms with van der Waals surface area (Å²) in [5.41, 5.74) is 3.98. The number of rotatable bonds is 6. The highest BCUT2D eigenvalue weighted by molar-refractivity contribution is 9.10. The second-order valence-electron chi connectivity index (χ2n) is 6.32. The van der Waals surface area contributed by atoms with Crippen LogP contribution in [0.2, 0.25) is 0 Å². The molecule has 27 heavy (non-hydrogen) atoms. The molecule has 4 nitrogen and oxygen atoms in total. The van der Waals surface area contributed by atoms with Crippen LogP contribution in [0.3, 0.4) is 0 Å². The molecule has 0 aliphatic rings. The van der Waals surface area contributed by atoms with Gasteiger partial charge in [0.1, 0.15) is 0 Å². The lowest BCUT2D eigenvalue weighted by molar-refractivity contribution is 0.0956. The number of benzene rings is 2. The SMILES string of the molecule is CCNC(=O)c1ccc(CN(C)c2nc(-c3ccc(Br)cc3)c(C)s2)cc1. The Bertz CT molecular complexity index is 920. The lowest BCUT2D eigenvalue weighted by atomic mass is 10.1. The zero-order valence-corrected chi connectivity index (χ0v) is 18.0. The molecule has 0 saturated heterocycles. The van der Waals surface area contributed by atoms with E-state index in [2.05, 4.69) is 45.2 Å². The molecule has 0 aliphatic heterocycles. The normalized spacial score (nSPS) is 10.7. The van der Waals surface area contributed by atoms with Crippen LogP contribution in [0.15, 0.2) is 53.0 Å². The van der Waals surface area contributed by atoms with Crippen molar-refractivity contribution in [2.24, 2.45) is 0 Å². The number of nitrogens with zero attached hydrogens (tertiary/aromatic N) is 2. The van der Waals surface area contributed by atoms with Gasteiger partial charge in [0.2, 0.25) is 0 Å². The summed E-state index contributed by atoms with van der Waals surface area (Å²) >= 11 is 5.17. The van der Waals surface area contributed by atoms with Crippen LogP contribution in [0.1, 0.15) is 27.7 Å². The molecule has 6 heteroatoms. The third-order valence-corrected chi connectivity index (χ3v) is 5.82. The maximum atomic E-state index is 11.9. The van der Waals surface area contributed by atoms with Crippen LogP contribution in [0.5, 0.6) is 0 Å². The van der Waals surface area contributed by atoms with Crippen LogP contribution in [-0.4, -0.2) is 24.5 Å². The van der Waals surface area contributed by atoms with Crippen molar-refractivity contribution >= 4 is 38.3 Å². The first-order chi connectivity index (χ1) is 13.0. The Morgan fingerprint density at radius 2 is 1.81 bits per heavy atom. The Morgan fingerprint density at radius 1 is 1.15 bits per heavy atom. The molecule has 0 bridgehead atoms. The fourth-order valence-electron chi connectivity index (χ4n) is 2.79. The fourth-order valence-corrected chi connectivity index (χ4v) is 3.94. The van der Waals surface area contributed by atoms with Gasteiger partial charge in [-0.15, -0.1) is 11.3 Å². The van der Waals surface area contributed by atoms with Gasteiger partial charge in [-0.25, -0.2) is 4.98 Å². The van der Waals surface area contributed by atoms with Crippen molar-refractivity contribution in [2.45, 2.75) is 20.4 Å². The molecule has 0 atom stereocenters. The first-order valence-electron chi connectivity index (χ1n) is 8.79. The number of hydrogen-bond donors (Lipinski definition) is 1. The first kappa shape index (κ1) is 19.6. The topological polar surface area (TPSA) is 45.2 Å². The summed E-state index contributed by atoms with van der Waals surface area (Å²) in [5.74, 6) is -0.0351. The Morgan fingerprint density at radius 3 is 2.44 bits per heavy atom. The van der Waals surface area contributed by atoms with Crippen LogP contribution in [0.4, 0.5) is 5.13 Å². The number of amides is 1. The van der Waals surface area contributed by atoms with Crippen molar-refractivity contribution in [3.63, 3.8) is 0 Å². The van der Waals surface area contributed by atoms with E-state index in [4.69, 9.17) is 4.98 Å². The highest BCUT2D eigenvalue weighted by Gasteiger charge is 2.13. The molecule has 3 rings (SSSR count). The Hall–Kier alpha value is -2.18. The highest BCUT2D eigenvalue weighted by Crippen LogP contribution is 2.33. The predicted octanol–water partition coefficient (Wildman–Crippen LogP) is 5.27. The molecule has 2 aromatic carbocycles. The average molecular weight is 444 g/mol. The Labute approximate surface area is 172 Å². The quantitative estimate of drug-likeness (QED) is 0.564. The highest BCUT2D eigenvalue weighted by atomic mass is 79.9. The van der Waals surface area contributed by atoms with Crippen molar-refractivity contribution in [1.29, 1.82) is 0 Å². The lowest BCUT2D eigenvalue weighted by Gasteiger charge is -2.16. The number of carbonyl (C=O) groups is 1. The van der Waals surface area contributed by atoms with E-state index in [1.54, 1.807) is 11.3 Å². The second-order valence-corrected chi connectivity index (χ2v) is 8.42. The smallest absolute Gasteiger partial charge is 0.251 e. The number of anilines is 1. The van der Waals surface area contributed by atoms with Gasteiger partial charge in [-0.05, 0) is 43.7 Å². The molecule has 1 aromatic heterocycles. The van der Waals surface area contributed by atoms with E-state index in [1.807, 2.05) is 50.4 Å². The molecule has 1 amide bonds. The van der Waals surface area contributed by atoms with Crippen LogP contribution >= 0.6 is 27.3 Å². The molecular formula is C21H22BrN3OS. The second kappa shape index (κ2) is 8.67. The fraction of sp³-hybridized carbons (Fsp3) is 0.238. The third kappa shape index (κ3) is 4.76.